The normalized spacial score (nSPS) is 12.6. The zero-order chi connectivity index (χ0) is 17.5. The summed E-state index contributed by atoms with van der Waals surface area (Å²) >= 11 is 5.83. The van der Waals surface area contributed by atoms with Crippen LogP contribution in [0.1, 0.15) is 19.4 Å². The van der Waals surface area contributed by atoms with Crippen LogP contribution in [0.25, 0.3) is 0 Å². The molecule has 3 nitrogen and oxygen atoms in total. The molecule has 0 aliphatic carbocycles. The van der Waals surface area contributed by atoms with Crippen molar-refractivity contribution in [1.29, 1.82) is 0 Å². The van der Waals surface area contributed by atoms with Gasteiger partial charge in [0.05, 0.1) is 0 Å². The number of benzene rings is 2. The number of aliphatic hydroxyl groups excluding tert-OH is 1. The van der Waals surface area contributed by atoms with Crippen LogP contribution in [0.4, 0.5) is 4.39 Å². The lowest BCUT2D eigenvalue weighted by Crippen LogP contribution is -2.39. The van der Waals surface area contributed by atoms with Crippen molar-refractivity contribution in [1.82, 2.24) is 4.90 Å². The number of hydrogen-bond donors (Lipinski definition) is 1. The maximum absolute atomic E-state index is 13.0. The minimum Gasteiger partial charge on any atom is -0.491 e. The summed E-state index contributed by atoms with van der Waals surface area (Å²) < 4.78 is 18.6. The molecule has 2 rings (SSSR count). The molecule has 0 heterocycles. The molecule has 2 aromatic carbocycles. The predicted molar refractivity (Wildman–Crippen MR) is 94.9 cm³/mol. The summed E-state index contributed by atoms with van der Waals surface area (Å²) in [6.07, 6.45) is -0.622. The Morgan fingerprint density at radius 2 is 1.71 bits per heavy atom. The topological polar surface area (TPSA) is 32.7 Å². The van der Waals surface area contributed by atoms with E-state index in [1.807, 2.05) is 0 Å². The Labute approximate surface area is 147 Å². The van der Waals surface area contributed by atoms with Gasteiger partial charge in [-0.2, -0.15) is 0 Å². The highest BCUT2D eigenvalue weighted by atomic mass is 35.5. The average Bonchev–Trinajstić information content (AvgIpc) is 2.55. The third-order valence-electron chi connectivity index (χ3n) is 3.73. The lowest BCUT2D eigenvalue weighted by molar-refractivity contribution is 0.0543. The first-order valence-electron chi connectivity index (χ1n) is 7.99. The predicted octanol–water partition coefficient (Wildman–Crippen LogP) is 4.13. The highest BCUT2D eigenvalue weighted by Crippen LogP contribution is 2.16. The van der Waals surface area contributed by atoms with Crippen LogP contribution in [-0.4, -0.2) is 35.3 Å². The molecule has 0 unspecified atom stereocenters. The van der Waals surface area contributed by atoms with Crippen LogP contribution in [0.2, 0.25) is 5.02 Å². The van der Waals surface area contributed by atoms with E-state index in [4.69, 9.17) is 16.3 Å². The number of aliphatic hydroxyl groups is 1. The second kappa shape index (κ2) is 9.02. The first-order valence-corrected chi connectivity index (χ1v) is 8.37. The van der Waals surface area contributed by atoms with Crippen LogP contribution in [0.15, 0.2) is 48.5 Å². The van der Waals surface area contributed by atoms with Gasteiger partial charge in [0.25, 0.3) is 0 Å². The van der Waals surface area contributed by atoms with Crippen LogP contribution in [0.3, 0.4) is 0 Å². The lowest BCUT2D eigenvalue weighted by Gasteiger charge is -2.28. The largest absolute Gasteiger partial charge is 0.491 e. The Balaban J connectivity index is 1.87. The van der Waals surface area contributed by atoms with E-state index < -0.39 is 6.10 Å². The van der Waals surface area contributed by atoms with Crippen molar-refractivity contribution in [3.05, 3.63) is 64.9 Å². The molecule has 24 heavy (non-hydrogen) atoms. The Kier molecular flexibility index (Phi) is 7.03. The van der Waals surface area contributed by atoms with E-state index in [1.165, 1.54) is 12.1 Å². The van der Waals surface area contributed by atoms with Gasteiger partial charge in [-0.3, -0.25) is 4.90 Å². The summed E-state index contributed by atoms with van der Waals surface area (Å²) in [5.74, 6) is 0.430. The molecule has 0 bridgehead atoms. The number of hydrogen-bond acceptors (Lipinski definition) is 3. The van der Waals surface area contributed by atoms with Gasteiger partial charge in [-0.1, -0.05) is 23.7 Å². The molecule has 0 saturated carbocycles. The van der Waals surface area contributed by atoms with E-state index in [1.54, 1.807) is 36.4 Å². The second-order valence-electron chi connectivity index (χ2n) is 6.07. The minimum absolute atomic E-state index is 0.203. The van der Waals surface area contributed by atoms with Crippen molar-refractivity contribution in [2.24, 2.45) is 0 Å². The number of rotatable bonds is 8. The summed E-state index contributed by atoms with van der Waals surface area (Å²) in [5.41, 5.74) is 1.01. The molecule has 0 aliphatic heterocycles. The zero-order valence-electron chi connectivity index (χ0n) is 14.0. The Hall–Kier alpha value is -1.62. The molecule has 0 spiro atoms. The van der Waals surface area contributed by atoms with E-state index in [-0.39, 0.29) is 18.5 Å². The van der Waals surface area contributed by atoms with Crippen molar-refractivity contribution in [3.63, 3.8) is 0 Å². The van der Waals surface area contributed by atoms with Gasteiger partial charge in [-0.05, 0) is 55.8 Å². The first kappa shape index (κ1) is 18.7. The van der Waals surface area contributed by atoms with E-state index in [0.717, 1.165) is 5.56 Å². The molecule has 0 amide bonds. The number of nitrogens with zero attached hydrogens (tertiary/aromatic N) is 1. The van der Waals surface area contributed by atoms with Gasteiger partial charge >= 0.3 is 0 Å². The van der Waals surface area contributed by atoms with E-state index in [0.29, 0.717) is 23.9 Å². The molecule has 2 aromatic rings. The third kappa shape index (κ3) is 6.11. The Morgan fingerprint density at radius 3 is 2.29 bits per heavy atom. The number of halogens is 2. The highest BCUT2D eigenvalue weighted by Gasteiger charge is 2.16. The van der Waals surface area contributed by atoms with Gasteiger partial charge in [0.15, 0.2) is 0 Å². The first-order chi connectivity index (χ1) is 11.4. The summed E-state index contributed by atoms with van der Waals surface area (Å²) in [6, 6.07) is 13.7. The van der Waals surface area contributed by atoms with Crippen LogP contribution in [0, 0.1) is 5.82 Å². The van der Waals surface area contributed by atoms with Crippen LogP contribution < -0.4 is 4.74 Å². The molecule has 0 radical (unpaired) electrons. The highest BCUT2D eigenvalue weighted by molar-refractivity contribution is 6.30. The summed E-state index contributed by atoms with van der Waals surface area (Å²) in [5, 5.41) is 10.9. The van der Waals surface area contributed by atoms with Gasteiger partial charge < -0.3 is 9.84 Å². The SMILES string of the molecule is CC(C)N(Cc1ccc(F)cc1)C[C@H](O)COc1ccc(Cl)cc1. The van der Waals surface area contributed by atoms with Gasteiger partial charge in [-0.15, -0.1) is 0 Å². The molecule has 1 N–H and O–H groups in total. The van der Waals surface area contributed by atoms with Crippen molar-refractivity contribution < 1.29 is 14.2 Å². The molecular weight excluding hydrogens is 329 g/mol. The van der Waals surface area contributed by atoms with Crippen molar-refractivity contribution >= 4 is 11.6 Å². The number of ether oxygens (including phenoxy) is 1. The minimum atomic E-state index is -0.622. The Bertz CT molecular complexity index is 616. The molecule has 1 atom stereocenters. The molecule has 5 heteroatoms. The third-order valence-corrected chi connectivity index (χ3v) is 3.98. The van der Waals surface area contributed by atoms with E-state index in [2.05, 4.69) is 18.7 Å². The van der Waals surface area contributed by atoms with E-state index in [9.17, 15) is 9.50 Å². The van der Waals surface area contributed by atoms with Crippen LogP contribution >= 0.6 is 11.6 Å². The van der Waals surface area contributed by atoms with Crippen molar-refractivity contribution in [3.8, 4) is 5.75 Å². The zero-order valence-corrected chi connectivity index (χ0v) is 14.7. The van der Waals surface area contributed by atoms with Crippen molar-refractivity contribution in [2.75, 3.05) is 13.2 Å². The quantitative estimate of drug-likeness (QED) is 0.776. The molecule has 0 fully saturated rings. The van der Waals surface area contributed by atoms with Crippen molar-refractivity contribution in [2.45, 2.75) is 32.5 Å². The van der Waals surface area contributed by atoms with Gasteiger partial charge in [0, 0.05) is 24.2 Å². The van der Waals surface area contributed by atoms with E-state index >= 15 is 0 Å². The van der Waals surface area contributed by atoms with Gasteiger partial charge in [-0.25, -0.2) is 4.39 Å². The fourth-order valence-electron chi connectivity index (χ4n) is 2.33. The van der Waals surface area contributed by atoms with Gasteiger partial charge in [0.1, 0.15) is 24.3 Å². The fraction of sp³-hybridized carbons (Fsp3) is 0.368. The molecule has 130 valence electrons. The maximum atomic E-state index is 13.0. The molecular formula is C19H23ClFNO2. The molecule has 0 saturated heterocycles. The van der Waals surface area contributed by atoms with Crippen LogP contribution in [-0.2, 0) is 6.54 Å². The second-order valence-corrected chi connectivity index (χ2v) is 6.50. The maximum Gasteiger partial charge on any atom is 0.123 e. The lowest BCUT2D eigenvalue weighted by atomic mass is 10.1. The van der Waals surface area contributed by atoms with Gasteiger partial charge in [0.2, 0.25) is 0 Å². The monoisotopic (exact) mass is 351 g/mol. The molecule has 0 aliphatic rings. The average molecular weight is 352 g/mol. The fourth-order valence-corrected chi connectivity index (χ4v) is 2.45. The summed E-state index contributed by atoms with van der Waals surface area (Å²) in [6.45, 7) is 5.46. The molecule has 0 aromatic heterocycles. The summed E-state index contributed by atoms with van der Waals surface area (Å²) in [7, 11) is 0. The summed E-state index contributed by atoms with van der Waals surface area (Å²) in [4.78, 5) is 2.13. The Morgan fingerprint density at radius 1 is 1.08 bits per heavy atom. The van der Waals surface area contributed by atoms with Crippen LogP contribution in [0.5, 0.6) is 5.75 Å². The standard InChI is InChI=1S/C19H23ClFNO2/c1-14(2)22(11-15-3-7-17(21)8-4-15)12-18(23)13-24-19-9-5-16(20)6-10-19/h3-10,14,18,23H,11-13H2,1-2H3/t18-/m0/s1. The smallest absolute Gasteiger partial charge is 0.123 e.